The maximum absolute atomic E-state index is 11.3. The molecule has 5 heteroatoms. The summed E-state index contributed by atoms with van der Waals surface area (Å²) in [7, 11) is 1.33. The van der Waals surface area contributed by atoms with Gasteiger partial charge in [0.1, 0.15) is 0 Å². The van der Waals surface area contributed by atoms with Crippen LogP contribution in [0.5, 0.6) is 0 Å². The zero-order chi connectivity index (χ0) is 10.1. The Morgan fingerprint density at radius 2 is 2.43 bits per heavy atom. The number of methoxy groups -OCH3 is 1. The first-order valence-electron chi connectivity index (χ1n) is 4.02. The minimum absolute atomic E-state index is 0.269. The van der Waals surface area contributed by atoms with E-state index in [0.717, 1.165) is 5.22 Å². The highest BCUT2D eigenvalue weighted by Gasteiger charge is 2.13. The number of rotatable bonds is 1. The number of carbonyl (C=O) groups is 1. The van der Waals surface area contributed by atoms with Crippen LogP contribution in [0.3, 0.4) is 0 Å². The van der Waals surface area contributed by atoms with Crippen molar-refractivity contribution in [3.05, 3.63) is 26.9 Å². The third-order valence-corrected chi connectivity index (χ3v) is 2.52. The Bertz CT molecular complexity index is 510. The average Bonchev–Trinajstić information content (AvgIpc) is 2.62. The predicted octanol–water partition coefficient (Wildman–Crippen LogP) is 0.0444. The molecule has 0 amide bonds. The van der Waals surface area contributed by atoms with Gasteiger partial charge in [0.15, 0.2) is 11.2 Å². The molecule has 2 rings (SSSR count). The van der Waals surface area contributed by atoms with Crippen molar-refractivity contribution in [1.82, 2.24) is 4.98 Å². The van der Waals surface area contributed by atoms with Gasteiger partial charge in [-0.05, 0) is 22.0 Å². The molecule has 14 heavy (non-hydrogen) atoms. The number of carbonyl (C=O) groups excluding carboxylic acids is 1. The van der Waals surface area contributed by atoms with E-state index in [2.05, 4.69) is 30.6 Å². The third kappa shape index (κ3) is 1.43. The maximum atomic E-state index is 11.3. The molecule has 72 valence electrons. The number of aromatic nitrogens is 1. The van der Waals surface area contributed by atoms with Crippen LogP contribution < -0.4 is 10.7 Å². The number of hydrogen-bond donors (Lipinski definition) is 0. The molecule has 1 aliphatic rings. The van der Waals surface area contributed by atoms with Gasteiger partial charge in [-0.2, -0.15) is 0 Å². The Kier molecular flexibility index (Phi) is 2.33. The second kappa shape index (κ2) is 3.49. The SMILES string of the molecule is COC(=O)c1nc2c(cc1Br)=CCN=2. The molecule has 0 saturated heterocycles. The summed E-state index contributed by atoms with van der Waals surface area (Å²) in [4.78, 5) is 19.5. The van der Waals surface area contributed by atoms with Gasteiger partial charge in [-0.1, -0.05) is 6.08 Å². The highest BCUT2D eigenvalue weighted by atomic mass is 79.9. The molecule has 1 aromatic rings. The Hall–Kier alpha value is -1.23. The lowest BCUT2D eigenvalue weighted by Gasteiger charge is -1.99. The van der Waals surface area contributed by atoms with Crippen molar-refractivity contribution in [3.63, 3.8) is 0 Å². The number of esters is 1. The van der Waals surface area contributed by atoms with Crippen molar-refractivity contribution < 1.29 is 9.53 Å². The molecule has 0 saturated carbocycles. The van der Waals surface area contributed by atoms with E-state index in [9.17, 15) is 4.79 Å². The van der Waals surface area contributed by atoms with Gasteiger partial charge in [-0.3, -0.25) is 4.99 Å². The van der Waals surface area contributed by atoms with Crippen molar-refractivity contribution in [2.24, 2.45) is 4.99 Å². The summed E-state index contributed by atoms with van der Waals surface area (Å²) >= 11 is 3.27. The Morgan fingerprint density at radius 3 is 3.14 bits per heavy atom. The fraction of sp³-hybridized carbons (Fsp3) is 0.222. The van der Waals surface area contributed by atoms with E-state index >= 15 is 0 Å². The summed E-state index contributed by atoms with van der Waals surface area (Å²) in [5, 5.41) is 0.949. The van der Waals surface area contributed by atoms with Crippen LogP contribution in [0.15, 0.2) is 15.5 Å². The van der Waals surface area contributed by atoms with Crippen molar-refractivity contribution in [2.45, 2.75) is 0 Å². The lowest BCUT2D eigenvalue weighted by atomic mass is 10.3. The monoisotopic (exact) mass is 254 g/mol. The molecule has 0 aliphatic carbocycles. The van der Waals surface area contributed by atoms with Crippen LogP contribution in [0.2, 0.25) is 0 Å². The van der Waals surface area contributed by atoms with Gasteiger partial charge in [0.2, 0.25) is 0 Å². The number of pyridine rings is 1. The first-order valence-corrected chi connectivity index (χ1v) is 4.81. The Labute approximate surface area is 88.5 Å². The van der Waals surface area contributed by atoms with Crippen LogP contribution >= 0.6 is 15.9 Å². The first-order chi connectivity index (χ1) is 6.72. The molecule has 0 N–H and O–H groups in total. The van der Waals surface area contributed by atoms with Gasteiger partial charge in [0.05, 0.1) is 18.1 Å². The van der Waals surface area contributed by atoms with E-state index in [-0.39, 0.29) is 5.69 Å². The van der Waals surface area contributed by atoms with Crippen LogP contribution in [0.1, 0.15) is 10.5 Å². The summed E-state index contributed by atoms with van der Waals surface area (Å²) in [6.07, 6.45) is 1.95. The van der Waals surface area contributed by atoms with Crippen LogP contribution in [0.25, 0.3) is 6.08 Å². The van der Waals surface area contributed by atoms with Crippen LogP contribution in [0, 0.1) is 0 Å². The quantitative estimate of drug-likeness (QED) is 0.666. The van der Waals surface area contributed by atoms with Gasteiger partial charge in [-0.15, -0.1) is 0 Å². The number of ether oxygens (including phenoxy) is 1. The van der Waals surface area contributed by atoms with E-state index in [4.69, 9.17) is 0 Å². The van der Waals surface area contributed by atoms with Crippen molar-refractivity contribution in [1.29, 1.82) is 0 Å². The van der Waals surface area contributed by atoms with E-state index < -0.39 is 5.97 Å². The third-order valence-electron chi connectivity index (χ3n) is 1.92. The molecule has 2 heterocycles. The molecule has 0 spiro atoms. The van der Waals surface area contributed by atoms with Crippen molar-refractivity contribution in [3.8, 4) is 0 Å². The molecule has 1 aromatic heterocycles. The molecule has 0 fully saturated rings. The fourth-order valence-corrected chi connectivity index (χ4v) is 1.74. The van der Waals surface area contributed by atoms with E-state index in [1.54, 1.807) is 0 Å². The summed E-state index contributed by atoms with van der Waals surface area (Å²) < 4.78 is 5.23. The van der Waals surface area contributed by atoms with Gasteiger partial charge in [0.25, 0.3) is 0 Å². The van der Waals surface area contributed by atoms with E-state index in [1.165, 1.54) is 7.11 Å². The van der Waals surface area contributed by atoms with Crippen molar-refractivity contribution >= 4 is 28.0 Å². The van der Waals surface area contributed by atoms with Gasteiger partial charge in [0, 0.05) is 5.22 Å². The zero-order valence-corrected chi connectivity index (χ0v) is 9.04. The minimum Gasteiger partial charge on any atom is -0.464 e. The van der Waals surface area contributed by atoms with Gasteiger partial charge < -0.3 is 4.74 Å². The topological polar surface area (TPSA) is 51.5 Å². The molecular formula is C9H7BrN2O2. The molecule has 0 atom stereocenters. The molecule has 0 aromatic carbocycles. The molecule has 1 aliphatic heterocycles. The Balaban J connectivity index is 2.66. The summed E-state index contributed by atoms with van der Waals surface area (Å²) in [5.74, 6) is -0.457. The second-order valence-electron chi connectivity index (χ2n) is 2.77. The van der Waals surface area contributed by atoms with Gasteiger partial charge >= 0.3 is 5.97 Å². The molecule has 4 nitrogen and oxygen atoms in total. The standard InChI is InChI=1S/C9H7BrN2O2/c1-14-9(13)7-6(10)4-5-2-3-11-8(5)12-7/h2,4H,3H2,1H3. The second-order valence-corrected chi connectivity index (χ2v) is 3.62. The zero-order valence-electron chi connectivity index (χ0n) is 7.45. The number of hydrogen-bond acceptors (Lipinski definition) is 4. The smallest absolute Gasteiger partial charge is 0.357 e. The molecule has 0 unspecified atom stereocenters. The molecule has 0 bridgehead atoms. The molecule has 0 radical (unpaired) electrons. The lowest BCUT2D eigenvalue weighted by Crippen LogP contribution is -2.28. The van der Waals surface area contributed by atoms with E-state index in [1.807, 2.05) is 12.1 Å². The van der Waals surface area contributed by atoms with Crippen LogP contribution in [-0.4, -0.2) is 24.6 Å². The fourth-order valence-electron chi connectivity index (χ4n) is 1.24. The first kappa shape index (κ1) is 9.33. The van der Waals surface area contributed by atoms with Gasteiger partial charge in [-0.25, -0.2) is 9.78 Å². The molecular weight excluding hydrogens is 248 g/mol. The van der Waals surface area contributed by atoms with E-state index in [0.29, 0.717) is 16.5 Å². The highest BCUT2D eigenvalue weighted by Crippen LogP contribution is 2.11. The maximum Gasteiger partial charge on any atom is 0.357 e. The summed E-state index contributed by atoms with van der Waals surface area (Å²) in [5.41, 5.74) is 0.874. The number of nitrogens with zero attached hydrogens (tertiary/aromatic N) is 2. The lowest BCUT2D eigenvalue weighted by molar-refractivity contribution is 0.0592. The highest BCUT2D eigenvalue weighted by molar-refractivity contribution is 9.10. The predicted molar refractivity (Wildman–Crippen MR) is 53.4 cm³/mol. The summed E-state index contributed by atoms with van der Waals surface area (Å²) in [6.45, 7) is 0.624. The Morgan fingerprint density at radius 1 is 1.64 bits per heavy atom. The van der Waals surface area contributed by atoms with Crippen molar-refractivity contribution in [2.75, 3.05) is 13.7 Å². The van der Waals surface area contributed by atoms with Crippen LogP contribution in [-0.2, 0) is 4.74 Å². The largest absolute Gasteiger partial charge is 0.464 e. The normalized spacial score (nSPS) is 12.7. The summed E-state index contributed by atoms with van der Waals surface area (Å²) in [6, 6.07) is 1.82. The number of halogens is 1. The minimum atomic E-state index is -0.457. The number of fused-ring (bicyclic) bond motifs is 1. The average molecular weight is 255 g/mol. The van der Waals surface area contributed by atoms with Crippen LogP contribution in [0.4, 0.5) is 0 Å².